The van der Waals surface area contributed by atoms with Crippen LogP contribution in [0.3, 0.4) is 0 Å². The van der Waals surface area contributed by atoms with Gasteiger partial charge in [-0.25, -0.2) is 4.79 Å². The first kappa shape index (κ1) is 18.8. The minimum Gasteiger partial charge on any atom is -0.350 e. The maximum atomic E-state index is 12.7. The van der Waals surface area contributed by atoms with Crippen LogP contribution in [-0.2, 0) is 20.1 Å². The molecule has 2 heterocycles. The van der Waals surface area contributed by atoms with Crippen molar-refractivity contribution >= 4 is 5.91 Å². The molecule has 1 atom stereocenters. The number of nitrogens with zero attached hydrogens (tertiary/aromatic N) is 2. The van der Waals surface area contributed by atoms with Crippen LogP contribution >= 0.6 is 0 Å². The zero-order valence-electron chi connectivity index (χ0n) is 14.6. The number of rotatable bonds is 8. The topological polar surface area (TPSA) is 119 Å². The normalized spacial score (nSPS) is 13.0. The Morgan fingerprint density at radius 2 is 2.08 bits per heavy atom. The molecule has 9 nitrogen and oxygen atoms in total. The zero-order chi connectivity index (χ0) is 18.4. The number of amides is 1. The van der Waals surface area contributed by atoms with E-state index in [-0.39, 0.29) is 24.2 Å². The third-order valence-corrected chi connectivity index (χ3v) is 3.91. The van der Waals surface area contributed by atoms with Gasteiger partial charge in [-0.1, -0.05) is 25.1 Å². The van der Waals surface area contributed by atoms with Crippen molar-refractivity contribution in [2.75, 3.05) is 20.8 Å². The van der Waals surface area contributed by atoms with E-state index >= 15 is 0 Å². The highest BCUT2D eigenvalue weighted by atomic mass is 16.7. The SMILES string of the molecule is COC(CNC(=O)C(c1noc(=O)[nH]1)C(C)C)(OC)c1ccccn1. The Morgan fingerprint density at radius 1 is 1.36 bits per heavy atom. The third-order valence-electron chi connectivity index (χ3n) is 3.91. The Balaban J connectivity index is 2.19. The second kappa shape index (κ2) is 8.04. The van der Waals surface area contributed by atoms with E-state index in [1.54, 1.807) is 24.4 Å². The largest absolute Gasteiger partial charge is 0.438 e. The van der Waals surface area contributed by atoms with E-state index < -0.39 is 17.5 Å². The van der Waals surface area contributed by atoms with Crippen LogP contribution in [0.1, 0.15) is 31.3 Å². The number of ether oxygens (including phenoxy) is 2. The molecule has 0 aliphatic carbocycles. The second-order valence-electron chi connectivity index (χ2n) is 5.80. The summed E-state index contributed by atoms with van der Waals surface area (Å²) in [5.41, 5.74) is 0.524. The van der Waals surface area contributed by atoms with Gasteiger partial charge in [-0.15, -0.1) is 0 Å². The maximum absolute atomic E-state index is 12.7. The van der Waals surface area contributed by atoms with Crippen LogP contribution in [-0.4, -0.2) is 41.8 Å². The number of hydrogen-bond acceptors (Lipinski definition) is 7. The van der Waals surface area contributed by atoms with E-state index in [9.17, 15) is 9.59 Å². The molecule has 0 radical (unpaired) electrons. The molecule has 0 aliphatic heterocycles. The summed E-state index contributed by atoms with van der Waals surface area (Å²) in [6.07, 6.45) is 1.61. The molecule has 0 aliphatic rings. The number of carbonyl (C=O) groups is 1. The van der Waals surface area contributed by atoms with Crippen molar-refractivity contribution in [2.24, 2.45) is 5.92 Å². The Hall–Kier alpha value is -2.52. The molecule has 0 fully saturated rings. The van der Waals surface area contributed by atoms with Crippen molar-refractivity contribution < 1.29 is 18.8 Å². The number of H-pyrrole nitrogens is 1. The van der Waals surface area contributed by atoms with Gasteiger partial charge >= 0.3 is 5.76 Å². The summed E-state index contributed by atoms with van der Waals surface area (Å²) in [7, 11) is 2.94. The van der Waals surface area contributed by atoms with Gasteiger partial charge in [0.05, 0.1) is 6.54 Å². The molecule has 2 N–H and O–H groups in total. The fourth-order valence-corrected chi connectivity index (χ4v) is 2.55. The molecule has 0 saturated carbocycles. The summed E-state index contributed by atoms with van der Waals surface area (Å²) in [5.74, 6) is -2.89. The van der Waals surface area contributed by atoms with Gasteiger partial charge in [0, 0.05) is 20.4 Å². The summed E-state index contributed by atoms with van der Waals surface area (Å²) in [4.78, 5) is 30.5. The number of methoxy groups -OCH3 is 2. The molecule has 2 aromatic rings. The Labute approximate surface area is 144 Å². The van der Waals surface area contributed by atoms with Gasteiger partial charge in [-0.3, -0.25) is 19.3 Å². The molecule has 2 rings (SSSR count). The lowest BCUT2D eigenvalue weighted by Gasteiger charge is -2.31. The van der Waals surface area contributed by atoms with Crippen LogP contribution in [0.2, 0.25) is 0 Å². The van der Waals surface area contributed by atoms with Gasteiger partial charge in [0.1, 0.15) is 11.6 Å². The molecule has 0 aromatic carbocycles. The average Bonchev–Trinajstić information content (AvgIpc) is 3.03. The van der Waals surface area contributed by atoms with Gasteiger partial charge in [-0.2, -0.15) is 0 Å². The molecule has 1 amide bonds. The summed E-state index contributed by atoms with van der Waals surface area (Å²) in [5, 5.41) is 6.40. The lowest BCUT2D eigenvalue weighted by Crippen LogP contribution is -2.46. The third kappa shape index (κ3) is 4.12. The first-order valence-corrected chi connectivity index (χ1v) is 7.79. The van der Waals surface area contributed by atoms with Crippen molar-refractivity contribution in [3.63, 3.8) is 0 Å². The molecule has 9 heteroatoms. The van der Waals surface area contributed by atoms with Crippen molar-refractivity contribution in [3.8, 4) is 0 Å². The average molecular weight is 350 g/mol. The van der Waals surface area contributed by atoms with Crippen LogP contribution in [0, 0.1) is 5.92 Å². The highest BCUT2D eigenvalue weighted by Gasteiger charge is 2.36. The standard InChI is InChI=1S/C16H22N4O5/c1-10(2)12(13-19-15(22)25-20-13)14(21)18-9-16(23-3,24-4)11-7-5-6-8-17-11/h5-8,10,12H,9H2,1-4H3,(H,18,21)(H,19,20,22). The molecule has 136 valence electrons. The quantitative estimate of drug-likeness (QED) is 0.674. The van der Waals surface area contributed by atoms with Crippen LogP contribution in [0.25, 0.3) is 0 Å². The highest BCUT2D eigenvalue weighted by Crippen LogP contribution is 2.25. The number of pyridine rings is 1. The zero-order valence-corrected chi connectivity index (χ0v) is 14.6. The van der Waals surface area contributed by atoms with Crippen LogP contribution < -0.4 is 11.1 Å². The Kier molecular flexibility index (Phi) is 6.05. The number of aromatic amines is 1. The first-order chi connectivity index (χ1) is 11.9. The maximum Gasteiger partial charge on any atom is 0.438 e. The fourth-order valence-electron chi connectivity index (χ4n) is 2.55. The van der Waals surface area contributed by atoms with Crippen molar-refractivity contribution in [2.45, 2.75) is 25.6 Å². The van der Waals surface area contributed by atoms with Gasteiger partial charge in [0.2, 0.25) is 11.7 Å². The highest BCUT2D eigenvalue weighted by molar-refractivity contribution is 5.83. The predicted molar refractivity (Wildman–Crippen MR) is 87.6 cm³/mol. The van der Waals surface area contributed by atoms with E-state index in [1.165, 1.54) is 14.2 Å². The second-order valence-corrected chi connectivity index (χ2v) is 5.80. The minimum atomic E-state index is -1.23. The van der Waals surface area contributed by atoms with Crippen LogP contribution in [0.15, 0.2) is 33.7 Å². The number of aromatic nitrogens is 3. The molecule has 25 heavy (non-hydrogen) atoms. The van der Waals surface area contributed by atoms with E-state index in [2.05, 4.69) is 25.0 Å². The van der Waals surface area contributed by atoms with E-state index in [0.29, 0.717) is 5.69 Å². The van der Waals surface area contributed by atoms with Crippen molar-refractivity contribution in [1.82, 2.24) is 20.4 Å². The number of hydrogen-bond donors (Lipinski definition) is 2. The molecule has 2 aromatic heterocycles. The molecule has 0 spiro atoms. The van der Waals surface area contributed by atoms with Gasteiger partial charge in [0.15, 0.2) is 5.82 Å². The number of carbonyl (C=O) groups excluding carboxylic acids is 1. The summed E-state index contributed by atoms with van der Waals surface area (Å²) in [6.45, 7) is 3.72. The molecular weight excluding hydrogens is 328 g/mol. The summed E-state index contributed by atoms with van der Waals surface area (Å²) in [6, 6.07) is 5.32. The van der Waals surface area contributed by atoms with E-state index in [4.69, 9.17) is 9.47 Å². The summed E-state index contributed by atoms with van der Waals surface area (Å²) < 4.78 is 15.5. The molecule has 0 saturated heterocycles. The van der Waals surface area contributed by atoms with Gasteiger partial charge in [0.25, 0.3) is 0 Å². The minimum absolute atomic E-state index is 0.0289. The fraction of sp³-hybridized carbons (Fsp3) is 0.500. The van der Waals surface area contributed by atoms with Crippen LogP contribution in [0.5, 0.6) is 0 Å². The van der Waals surface area contributed by atoms with Gasteiger partial charge in [-0.05, 0) is 18.1 Å². The van der Waals surface area contributed by atoms with Crippen LogP contribution in [0.4, 0.5) is 0 Å². The van der Waals surface area contributed by atoms with Gasteiger partial charge < -0.3 is 14.8 Å². The number of nitrogens with one attached hydrogen (secondary N) is 2. The lowest BCUT2D eigenvalue weighted by molar-refractivity contribution is -0.215. The first-order valence-electron chi connectivity index (χ1n) is 7.79. The molecule has 0 bridgehead atoms. The monoisotopic (exact) mass is 350 g/mol. The van der Waals surface area contributed by atoms with Crippen molar-refractivity contribution in [3.05, 3.63) is 46.5 Å². The smallest absolute Gasteiger partial charge is 0.350 e. The predicted octanol–water partition coefficient (Wildman–Crippen LogP) is 0.759. The Morgan fingerprint density at radius 3 is 2.56 bits per heavy atom. The summed E-state index contributed by atoms with van der Waals surface area (Å²) >= 11 is 0. The lowest BCUT2D eigenvalue weighted by atomic mass is 9.94. The van der Waals surface area contributed by atoms with E-state index in [0.717, 1.165) is 0 Å². The molecular formula is C16H22N4O5. The molecule has 1 unspecified atom stereocenters. The van der Waals surface area contributed by atoms with E-state index in [1.807, 2.05) is 13.8 Å². The Bertz CT molecular complexity index is 736. The van der Waals surface area contributed by atoms with Crippen molar-refractivity contribution in [1.29, 1.82) is 0 Å².